The van der Waals surface area contributed by atoms with Crippen molar-refractivity contribution in [1.29, 1.82) is 0 Å². The quantitative estimate of drug-likeness (QED) is 0.525. The zero-order valence-electron chi connectivity index (χ0n) is 9.38. The van der Waals surface area contributed by atoms with E-state index in [1.165, 1.54) is 0 Å². The first-order valence-corrected chi connectivity index (χ1v) is 5.08. The summed E-state index contributed by atoms with van der Waals surface area (Å²) in [6, 6.07) is 0. The Hall–Kier alpha value is -0.870. The Balaban J connectivity index is 2.45. The Labute approximate surface area is 90.2 Å². The van der Waals surface area contributed by atoms with E-state index in [-0.39, 0.29) is 11.4 Å². The SMILES string of the molecule is C=C(C)C(=O)OCC1(CC)COCOC1. The lowest BCUT2D eigenvalue weighted by molar-refractivity contribution is -0.185. The van der Waals surface area contributed by atoms with Crippen LogP contribution in [-0.4, -0.2) is 32.6 Å². The van der Waals surface area contributed by atoms with Crippen molar-refractivity contribution in [3.63, 3.8) is 0 Å². The topological polar surface area (TPSA) is 44.8 Å². The molecule has 15 heavy (non-hydrogen) atoms. The van der Waals surface area contributed by atoms with E-state index in [1.54, 1.807) is 6.92 Å². The Morgan fingerprint density at radius 1 is 1.47 bits per heavy atom. The molecule has 1 heterocycles. The van der Waals surface area contributed by atoms with Gasteiger partial charge in [0, 0.05) is 5.57 Å². The van der Waals surface area contributed by atoms with E-state index in [0.29, 0.717) is 32.2 Å². The van der Waals surface area contributed by atoms with E-state index >= 15 is 0 Å². The van der Waals surface area contributed by atoms with Gasteiger partial charge in [-0.15, -0.1) is 0 Å². The minimum atomic E-state index is -0.353. The summed E-state index contributed by atoms with van der Waals surface area (Å²) in [5.41, 5.74) is 0.225. The van der Waals surface area contributed by atoms with Gasteiger partial charge in [-0.2, -0.15) is 0 Å². The summed E-state index contributed by atoms with van der Waals surface area (Å²) in [5, 5.41) is 0. The van der Waals surface area contributed by atoms with E-state index < -0.39 is 0 Å². The average molecular weight is 214 g/mol. The van der Waals surface area contributed by atoms with Crippen LogP contribution in [0.1, 0.15) is 20.3 Å². The largest absolute Gasteiger partial charge is 0.462 e. The van der Waals surface area contributed by atoms with Crippen molar-refractivity contribution in [2.45, 2.75) is 20.3 Å². The Morgan fingerprint density at radius 2 is 2.07 bits per heavy atom. The molecule has 0 saturated carbocycles. The lowest BCUT2D eigenvalue weighted by atomic mass is 9.87. The first-order chi connectivity index (χ1) is 7.09. The Bertz CT molecular complexity index is 241. The van der Waals surface area contributed by atoms with Crippen LogP contribution in [0.15, 0.2) is 12.2 Å². The predicted octanol–water partition coefficient (Wildman–Crippen LogP) is 1.51. The van der Waals surface area contributed by atoms with E-state index in [0.717, 1.165) is 6.42 Å². The number of carbonyl (C=O) groups is 1. The molecule has 1 aliphatic heterocycles. The summed E-state index contributed by atoms with van der Waals surface area (Å²) in [4.78, 5) is 11.2. The maximum Gasteiger partial charge on any atom is 0.333 e. The lowest BCUT2D eigenvalue weighted by Crippen LogP contribution is -2.41. The summed E-state index contributed by atoms with van der Waals surface area (Å²) in [5.74, 6) is -0.353. The van der Waals surface area contributed by atoms with Crippen LogP contribution in [0.4, 0.5) is 0 Å². The molecule has 0 amide bonds. The van der Waals surface area contributed by atoms with Gasteiger partial charge in [0.05, 0.1) is 18.6 Å². The molecule has 1 saturated heterocycles. The third-order valence-electron chi connectivity index (χ3n) is 2.59. The molecule has 1 aliphatic rings. The molecule has 86 valence electrons. The number of rotatable bonds is 4. The van der Waals surface area contributed by atoms with Gasteiger partial charge in [-0.3, -0.25) is 0 Å². The van der Waals surface area contributed by atoms with E-state index in [9.17, 15) is 4.79 Å². The number of hydrogen-bond acceptors (Lipinski definition) is 4. The molecule has 0 aromatic rings. The molecule has 0 aromatic heterocycles. The fraction of sp³-hybridized carbons (Fsp3) is 0.727. The molecule has 1 rings (SSSR count). The lowest BCUT2D eigenvalue weighted by Gasteiger charge is -2.35. The Kier molecular flexibility index (Phi) is 4.29. The van der Waals surface area contributed by atoms with Gasteiger partial charge in [0.1, 0.15) is 13.4 Å². The second-order valence-electron chi connectivity index (χ2n) is 4.02. The summed E-state index contributed by atoms with van der Waals surface area (Å²) in [6.45, 7) is 9.01. The van der Waals surface area contributed by atoms with Crippen molar-refractivity contribution in [2.75, 3.05) is 26.6 Å². The minimum absolute atomic E-state index is 0.191. The van der Waals surface area contributed by atoms with Crippen LogP contribution < -0.4 is 0 Å². The third-order valence-corrected chi connectivity index (χ3v) is 2.59. The predicted molar refractivity (Wildman–Crippen MR) is 55.3 cm³/mol. The number of esters is 1. The molecule has 0 aromatic carbocycles. The molecule has 1 fully saturated rings. The summed E-state index contributed by atoms with van der Waals surface area (Å²) >= 11 is 0. The molecular weight excluding hydrogens is 196 g/mol. The second kappa shape index (κ2) is 5.28. The van der Waals surface area contributed by atoms with Crippen molar-refractivity contribution in [2.24, 2.45) is 5.41 Å². The average Bonchev–Trinajstić information content (AvgIpc) is 2.27. The smallest absolute Gasteiger partial charge is 0.333 e. The van der Waals surface area contributed by atoms with Crippen LogP contribution in [0.2, 0.25) is 0 Å². The van der Waals surface area contributed by atoms with Gasteiger partial charge in [0.25, 0.3) is 0 Å². The highest BCUT2D eigenvalue weighted by molar-refractivity contribution is 5.86. The van der Waals surface area contributed by atoms with Crippen LogP contribution in [0, 0.1) is 5.41 Å². The van der Waals surface area contributed by atoms with Crippen LogP contribution in [0.3, 0.4) is 0 Å². The van der Waals surface area contributed by atoms with Crippen molar-refractivity contribution in [1.82, 2.24) is 0 Å². The van der Waals surface area contributed by atoms with Gasteiger partial charge in [-0.1, -0.05) is 13.5 Å². The van der Waals surface area contributed by atoms with Crippen molar-refractivity contribution in [3.8, 4) is 0 Å². The van der Waals surface area contributed by atoms with Crippen LogP contribution in [0.25, 0.3) is 0 Å². The maximum atomic E-state index is 11.2. The second-order valence-corrected chi connectivity index (χ2v) is 4.02. The molecule has 0 aliphatic carbocycles. The van der Waals surface area contributed by atoms with Gasteiger partial charge in [-0.05, 0) is 13.3 Å². The van der Waals surface area contributed by atoms with Crippen LogP contribution in [-0.2, 0) is 19.0 Å². The highest BCUT2D eigenvalue weighted by Gasteiger charge is 2.33. The maximum absolute atomic E-state index is 11.2. The standard InChI is InChI=1S/C11H18O4/c1-4-11(5-13-8-14-6-11)7-15-10(12)9(2)3/h2,4-8H2,1,3H3. The third kappa shape index (κ3) is 3.32. The molecule has 0 spiro atoms. The fourth-order valence-corrected chi connectivity index (χ4v) is 1.35. The molecule has 0 N–H and O–H groups in total. The normalized spacial score (nSPS) is 19.6. The van der Waals surface area contributed by atoms with Crippen LogP contribution in [0.5, 0.6) is 0 Å². The highest BCUT2D eigenvalue weighted by atomic mass is 16.7. The van der Waals surface area contributed by atoms with Crippen molar-refractivity contribution in [3.05, 3.63) is 12.2 Å². The van der Waals surface area contributed by atoms with Crippen LogP contribution >= 0.6 is 0 Å². The van der Waals surface area contributed by atoms with Gasteiger partial charge in [-0.25, -0.2) is 4.79 Å². The molecule has 0 bridgehead atoms. The monoisotopic (exact) mass is 214 g/mol. The van der Waals surface area contributed by atoms with Gasteiger partial charge in [0.15, 0.2) is 0 Å². The molecule has 4 heteroatoms. The van der Waals surface area contributed by atoms with E-state index in [2.05, 4.69) is 6.58 Å². The van der Waals surface area contributed by atoms with E-state index in [4.69, 9.17) is 14.2 Å². The van der Waals surface area contributed by atoms with Crippen molar-refractivity contribution < 1.29 is 19.0 Å². The summed E-state index contributed by atoms with van der Waals surface area (Å²) in [6.07, 6.45) is 0.858. The van der Waals surface area contributed by atoms with Gasteiger partial charge < -0.3 is 14.2 Å². The first kappa shape index (κ1) is 12.2. The van der Waals surface area contributed by atoms with E-state index in [1.807, 2.05) is 6.92 Å². The molecule has 0 unspecified atom stereocenters. The highest BCUT2D eigenvalue weighted by Crippen LogP contribution is 2.26. The number of carbonyl (C=O) groups excluding carboxylic acids is 1. The summed E-state index contributed by atoms with van der Waals surface area (Å²) in [7, 11) is 0. The first-order valence-electron chi connectivity index (χ1n) is 5.08. The summed E-state index contributed by atoms with van der Waals surface area (Å²) < 4.78 is 15.6. The molecule has 4 nitrogen and oxygen atoms in total. The molecule has 0 atom stereocenters. The van der Waals surface area contributed by atoms with Gasteiger partial charge >= 0.3 is 5.97 Å². The number of ether oxygens (including phenoxy) is 3. The zero-order chi connectivity index (χ0) is 11.3. The number of hydrogen-bond donors (Lipinski definition) is 0. The van der Waals surface area contributed by atoms with Crippen molar-refractivity contribution >= 4 is 5.97 Å². The molecular formula is C11H18O4. The molecule has 0 radical (unpaired) electrons. The minimum Gasteiger partial charge on any atom is -0.462 e. The van der Waals surface area contributed by atoms with Gasteiger partial charge in [0.2, 0.25) is 0 Å². The fourth-order valence-electron chi connectivity index (χ4n) is 1.35. The zero-order valence-corrected chi connectivity index (χ0v) is 9.38. The Morgan fingerprint density at radius 3 is 2.53 bits per heavy atom.